The third-order valence-electron chi connectivity index (χ3n) is 3.42. The first kappa shape index (κ1) is 19.8. The maximum Gasteiger partial charge on any atom is 0.275 e. The summed E-state index contributed by atoms with van der Waals surface area (Å²) < 4.78 is 63.8. The van der Waals surface area contributed by atoms with E-state index in [1.54, 1.807) is 6.92 Å². The molecule has 0 spiro atoms. The topological polar surface area (TPSA) is 96.0 Å². The zero-order chi connectivity index (χ0) is 16.7. The van der Waals surface area contributed by atoms with E-state index < -0.39 is 35.8 Å². The molecule has 1 aliphatic rings. The first-order chi connectivity index (χ1) is 10.3. The van der Waals surface area contributed by atoms with Crippen LogP contribution in [-0.4, -0.2) is 52.8 Å². The van der Waals surface area contributed by atoms with Gasteiger partial charge in [-0.05, 0) is 6.42 Å². The zero-order valence-electron chi connectivity index (χ0n) is 13.2. The molecule has 0 bridgehead atoms. The summed E-state index contributed by atoms with van der Waals surface area (Å²) >= 11 is 0. The molecule has 1 rings (SSSR count). The van der Waals surface area contributed by atoms with Crippen LogP contribution < -0.4 is 0 Å². The van der Waals surface area contributed by atoms with Crippen LogP contribution in [0.15, 0.2) is 0 Å². The predicted molar refractivity (Wildman–Crippen MR) is 82.6 cm³/mol. The smallest absolute Gasteiger partial charge is 0.275 e. The third-order valence-corrected chi connectivity index (χ3v) is 8.44. The molecule has 0 N–H and O–H groups in total. The molecule has 9 heteroatoms. The van der Waals surface area contributed by atoms with Gasteiger partial charge in [0, 0.05) is 13.0 Å². The van der Waals surface area contributed by atoms with Crippen molar-refractivity contribution < 1.29 is 31.0 Å². The Hall–Kier alpha value is -0.220. The number of unbranched alkanes of at least 4 members (excludes halogenated alkanes) is 2. The van der Waals surface area contributed by atoms with Gasteiger partial charge in [-0.2, -0.15) is 0 Å². The quantitative estimate of drug-likeness (QED) is 0.635. The number of sulfone groups is 2. The van der Waals surface area contributed by atoms with Crippen molar-refractivity contribution in [1.82, 2.24) is 0 Å². The van der Waals surface area contributed by atoms with E-state index in [0.717, 1.165) is 12.8 Å². The van der Waals surface area contributed by atoms with Crippen LogP contribution in [0.3, 0.4) is 0 Å². The lowest BCUT2D eigenvalue weighted by molar-refractivity contribution is 0.0613. The summed E-state index contributed by atoms with van der Waals surface area (Å²) in [5.74, 6) is -1.35. The van der Waals surface area contributed by atoms with Crippen LogP contribution in [0.5, 0.6) is 0 Å². The highest BCUT2D eigenvalue weighted by Crippen LogP contribution is 2.34. The van der Waals surface area contributed by atoms with E-state index in [1.165, 1.54) is 0 Å². The van der Waals surface area contributed by atoms with Crippen molar-refractivity contribution in [3.8, 4) is 0 Å². The number of hydrogen-bond donors (Lipinski definition) is 0. The van der Waals surface area contributed by atoms with Gasteiger partial charge in [0.2, 0.25) is 19.7 Å². The lowest BCUT2D eigenvalue weighted by atomic mass is 10.3. The summed E-state index contributed by atoms with van der Waals surface area (Å²) in [6, 6.07) is 0. The van der Waals surface area contributed by atoms with E-state index in [2.05, 4.69) is 0 Å². The van der Waals surface area contributed by atoms with Gasteiger partial charge >= 0.3 is 0 Å². The maximum atomic E-state index is 12.6. The lowest BCUT2D eigenvalue weighted by Crippen LogP contribution is -2.51. The van der Waals surface area contributed by atoms with Crippen molar-refractivity contribution in [3.05, 3.63) is 0 Å². The molecule has 0 unspecified atom stereocenters. The lowest BCUT2D eigenvalue weighted by Gasteiger charge is -2.31. The Morgan fingerprint density at radius 3 is 1.91 bits per heavy atom. The third kappa shape index (κ3) is 4.41. The fraction of sp³-hybridized carbons (Fsp3) is 1.00. The summed E-state index contributed by atoms with van der Waals surface area (Å²) in [7, 11) is -8.28. The molecule has 1 fully saturated rings. The molecule has 0 atom stereocenters. The normalized spacial score (nSPS) is 24.1. The van der Waals surface area contributed by atoms with Crippen molar-refractivity contribution in [1.29, 1.82) is 0 Å². The minimum atomic E-state index is -4.14. The van der Waals surface area contributed by atoms with Crippen LogP contribution in [0, 0.1) is 0 Å². The molecule has 0 radical (unpaired) electrons. The van der Waals surface area contributed by atoms with E-state index >= 15 is 0 Å². The Morgan fingerprint density at radius 1 is 0.909 bits per heavy atom. The molecule has 22 heavy (non-hydrogen) atoms. The molecule has 1 saturated heterocycles. The van der Waals surface area contributed by atoms with Gasteiger partial charge in [-0.25, -0.2) is 16.8 Å². The molecular formula is C13H26O7S2. The molecule has 0 aromatic heterocycles. The molecular weight excluding hydrogens is 332 g/mol. The molecule has 0 aromatic carbocycles. The van der Waals surface area contributed by atoms with Gasteiger partial charge in [0.15, 0.2) is 11.9 Å². The van der Waals surface area contributed by atoms with E-state index in [-0.39, 0.29) is 26.2 Å². The largest absolute Gasteiger partial charge is 0.363 e. The highest BCUT2D eigenvalue weighted by molar-refractivity contribution is 8.09. The van der Waals surface area contributed by atoms with E-state index in [1.807, 2.05) is 6.92 Å². The van der Waals surface area contributed by atoms with Gasteiger partial charge in [0.05, 0.1) is 13.2 Å². The highest BCUT2D eigenvalue weighted by Gasteiger charge is 2.56. The van der Waals surface area contributed by atoms with Crippen molar-refractivity contribution >= 4 is 19.7 Å². The van der Waals surface area contributed by atoms with Gasteiger partial charge in [-0.15, -0.1) is 0 Å². The maximum absolute atomic E-state index is 12.6. The standard InChI is InChI=1S/C13H26O7S2/c1-3-5-6-8-20-13(7-4-2)21(14,15)11-18-9-10-19-12-22(13,16)17/h3-12H2,1-2H3. The van der Waals surface area contributed by atoms with E-state index in [9.17, 15) is 16.8 Å². The molecule has 0 saturated carbocycles. The molecule has 0 aromatic rings. The van der Waals surface area contributed by atoms with Crippen molar-refractivity contribution in [2.75, 3.05) is 31.7 Å². The second-order valence-electron chi connectivity index (χ2n) is 5.27. The van der Waals surface area contributed by atoms with Gasteiger partial charge in [-0.3, -0.25) is 0 Å². The fourth-order valence-electron chi connectivity index (χ4n) is 2.28. The molecule has 0 amide bonds. The monoisotopic (exact) mass is 358 g/mol. The Labute approximate surface area is 133 Å². The van der Waals surface area contributed by atoms with Crippen molar-refractivity contribution in [2.45, 2.75) is 50.2 Å². The zero-order valence-corrected chi connectivity index (χ0v) is 14.9. The Morgan fingerprint density at radius 2 is 1.45 bits per heavy atom. The van der Waals surface area contributed by atoms with Crippen LogP contribution in [-0.2, 0) is 33.9 Å². The number of ether oxygens (including phenoxy) is 3. The SMILES string of the molecule is CCCCCOC1(CCC)S(=O)(=O)COCCOCS1(=O)=O. The number of hydrogen-bond acceptors (Lipinski definition) is 7. The van der Waals surface area contributed by atoms with Crippen LogP contribution >= 0.6 is 0 Å². The molecule has 1 heterocycles. The van der Waals surface area contributed by atoms with Gasteiger partial charge in [0.25, 0.3) is 4.27 Å². The molecule has 132 valence electrons. The summed E-state index contributed by atoms with van der Waals surface area (Å²) in [5.41, 5.74) is 0. The van der Waals surface area contributed by atoms with Crippen molar-refractivity contribution in [3.63, 3.8) is 0 Å². The van der Waals surface area contributed by atoms with Crippen LogP contribution in [0.25, 0.3) is 0 Å². The summed E-state index contributed by atoms with van der Waals surface area (Å²) in [4.78, 5) is 0. The Bertz CT molecular complexity index is 487. The minimum absolute atomic E-state index is 0.0345. The minimum Gasteiger partial charge on any atom is -0.363 e. The van der Waals surface area contributed by atoms with Gasteiger partial charge in [-0.1, -0.05) is 33.1 Å². The average molecular weight is 358 g/mol. The van der Waals surface area contributed by atoms with Crippen LogP contribution in [0.1, 0.15) is 46.0 Å². The average Bonchev–Trinajstić information content (AvgIpc) is 2.48. The first-order valence-electron chi connectivity index (χ1n) is 7.57. The van der Waals surface area contributed by atoms with Gasteiger partial charge < -0.3 is 14.2 Å². The second kappa shape index (κ2) is 8.58. The van der Waals surface area contributed by atoms with Crippen molar-refractivity contribution in [2.24, 2.45) is 0 Å². The summed E-state index contributed by atoms with van der Waals surface area (Å²) in [5, 5.41) is 0. The Kier molecular flexibility index (Phi) is 7.73. The Balaban J connectivity index is 3.20. The summed E-state index contributed by atoms with van der Waals surface area (Å²) in [6.07, 6.45) is 2.60. The number of rotatable bonds is 7. The highest BCUT2D eigenvalue weighted by atomic mass is 32.3. The fourth-order valence-corrected chi connectivity index (χ4v) is 6.70. The summed E-state index contributed by atoms with van der Waals surface area (Å²) in [6.45, 7) is 3.86. The predicted octanol–water partition coefficient (Wildman–Crippen LogP) is 1.44. The van der Waals surface area contributed by atoms with Crippen LogP contribution in [0.2, 0.25) is 0 Å². The van der Waals surface area contributed by atoms with E-state index in [4.69, 9.17) is 14.2 Å². The molecule has 7 nitrogen and oxygen atoms in total. The second-order valence-corrected chi connectivity index (χ2v) is 9.78. The van der Waals surface area contributed by atoms with Crippen LogP contribution in [0.4, 0.5) is 0 Å². The molecule has 1 aliphatic heterocycles. The molecule has 0 aliphatic carbocycles. The van der Waals surface area contributed by atoms with E-state index in [0.29, 0.717) is 12.8 Å². The first-order valence-corrected chi connectivity index (χ1v) is 10.9. The van der Waals surface area contributed by atoms with Gasteiger partial charge in [0.1, 0.15) is 0 Å².